The maximum atomic E-state index is 11.2. The Morgan fingerprint density at radius 2 is 2.00 bits per heavy atom. The number of carbonyl (C=O) groups is 1. The van der Waals surface area contributed by atoms with Crippen molar-refractivity contribution in [1.29, 1.82) is 0 Å². The highest BCUT2D eigenvalue weighted by molar-refractivity contribution is 6.42. The fourth-order valence-electron chi connectivity index (χ4n) is 3.79. The predicted octanol–water partition coefficient (Wildman–Crippen LogP) is 4.18. The molecule has 0 unspecified atom stereocenters. The van der Waals surface area contributed by atoms with Crippen molar-refractivity contribution < 1.29 is 9.90 Å². The van der Waals surface area contributed by atoms with Gasteiger partial charge in [-0.1, -0.05) is 53.6 Å². The maximum absolute atomic E-state index is 11.2. The molecule has 1 aliphatic heterocycles. The third kappa shape index (κ3) is 2.40. The second kappa shape index (κ2) is 5.83. The minimum absolute atomic E-state index is 0.0255. The first-order valence-corrected chi connectivity index (χ1v) is 8.54. The zero-order valence-electron chi connectivity index (χ0n) is 12.6. The van der Waals surface area contributed by atoms with Crippen LogP contribution in [0.15, 0.2) is 48.6 Å². The lowest BCUT2D eigenvalue weighted by Gasteiger charge is -2.38. The van der Waals surface area contributed by atoms with Gasteiger partial charge < -0.3 is 15.2 Å². The summed E-state index contributed by atoms with van der Waals surface area (Å²) in [5.41, 5.74) is 3.09. The Bertz CT molecular complexity index is 862. The molecule has 24 heavy (non-hydrogen) atoms. The molecule has 1 heterocycles. The van der Waals surface area contributed by atoms with Crippen molar-refractivity contribution in [2.24, 2.45) is 5.92 Å². The molecule has 2 aliphatic rings. The van der Waals surface area contributed by atoms with Gasteiger partial charge in [-0.05, 0) is 47.2 Å². The molecule has 0 spiro atoms. The van der Waals surface area contributed by atoms with Crippen molar-refractivity contribution in [3.63, 3.8) is 0 Å². The van der Waals surface area contributed by atoms with Gasteiger partial charge in [-0.2, -0.15) is 0 Å². The lowest BCUT2D eigenvalue weighted by molar-refractivity contribution is -0.255. The first-order chi connectivity index (χ1) is 11.6. The van der Waals surface area contributed by atoms with Crippen molar-refractivity contribution in [3.8, 4) is 0 Å². The van der Waals surface area contributed by atoms with Crippen LogP contribution in [0.5, 0.6) is 0 Å². The van der Waals surface area contributed by atoms with E-state index >= 15 is 0 Å². The SMILES string of the molecule is O=C([O-])c1ccc2c(c1)[C@H]1C=CC[C@@H]1[C@H](c1cccc(Cl)c1Cl)N2. The summed E-state index contributed by atoms with van der Waals surface area (Å²) >= 11 is 12.6. The number of fused-ring (bicyclic) bond motifs is 3. The second-order valence-corrected chi connectivity index (χ2v) is 6.99. The highest BCUT2D eigenvalue weighted by Crippen LogP contribution is 2.51. The van der Waals surface area contributed by atoms with Gasteiger partial charge in [0.25, 0.3) is 0 Å². The fraction of sp³-hybridized carbons (Fsp3) is 0.211. The third-order valence-electron chi connectivity index (χ3n) is 4.92. The van der Waals surface area contributed by atoms with Crippen LogP contribution in [0.4, 0.5) is 5.69 Å². The Kier molecular flexibility index (Phi) is 3.78. The first kappa shape index (κ1) is 15.6. The number of carboxylic acid groups (broad SMARTS) is 1. The number of nitrogens with one attached hydrogen (secondary N) is 1. The summed E-state index contributed by atoms with van der Waals surface area (Å²) in [5.74, 6) is -0.734. The van der Waals surface area contributed by atoms with Crippen LogP contribution >= 0.6 is 23.2 Å². The van der Waals surface area contributed by atoms with E-state index in [1.54, 1.807) is 24.3 Å². The van der Waals surface area contributed by atoms with Gasteiger partial charge in [0.2, 0.25) is 0 Å². The smallest absolute Gasteiger partial charge is 0.0715 e. The Morgan fingerprint density at radius 3 is 2.79 bits per heavy atom. The number of anilines is 1. The van der Waals surface area contributed by atoms with Gasteiger partial charge in [0.15, 0.2) is 0 Å². The van der Waals surface area contributed by atoms with Crippen LogP contribution in [0.1, 0.15) is 39.9 Å². The van der Waals surface area contributed by atoms with Gasteiger partial charge >= 0.3 is 0 Å². The van der Waals surface area contributed by atoms with Crippen molar-refractivity contribution in [2.75, 3.05) is 5.32 Å². The molecule has 0 fully saturated rings. The van der Waals surface area contributed by atoms with Gasteiger partial charge in [0.1, 0.15) is 0 Å². The molecule has 122 valence electrons. The average Bonchev–Trinajstić information content (AvgIpc) is 3.06. The second-order valence-electron chi connectivity index (χ2n) is 6.21. The lowest BCUT2D eigenvalue weighted by Crippen LogP contribution is -2.30. The van der Waals surface area contributed by atoms with E-state index in [0.29, 0.717) is 10.0 Å². The summed E-state index contributed by atoms with van der Waals surface area (Å²) in [7, 11) is 0. The molecule has 0 bridgehead atoms. The molecule has 3 atom stereocenters. The number of aromatic carboxylic acids is 1. The van der Waals surface area contributed by atoms with Gasteiger partial charge in [0.05, 0.1) is 22.1 Å². The Labute approximate surface area is 149 Å². The van der Waals surface area contributed by atoms with E-state index < -0.39 is 5.97 Å². The molecule has 2 aromatic rings. The highest BCUT2D eigenvalue weighted by Gasteiger charge is 2.38. The van der Waals surface area contributed by atoms with Crippen LogP contribution in [0.3, 0.4) is 0 Å². The van der Waals surface area contributed by atoms with Crippen molar-refractivity contribution in [2.45, 2.75) is 18.4 Å². The van der Waals surface area contributed by atoms with Crippen molar-refractivity contribution in [3.05, 3.63) is 75.3 Å². The third-order valence-corrected chi connectivity index (χ3v) is 5.75. The van der Waals surface area contributed by atoms with E-state index in [0.717, 1.165) is 23.2 Å². The van der Waals surface area contributed by atoms with Gasteiger partial charge in [-0.3, -0.25) is 0 Å². The summed E-state index contributed by atoms with van der Waals surface area (Å²) in [4.78, 5) is 11.2. The highest BCUT2D eigenvalue weighted by atomic mass is 35.5. The zero-order chi connectivity index (χ0) is 16.8. The number of halogens is 2. The summed E-state index contributed by atoms with van der Waals surface area (Å²) in [5, 5.41) is 15.8. The van der Waals surface area contributed by atoms with Crippen LogP contribution in [0, 0.1) is 5.92 Å². The number of carbonyl (C=O) groups excluding carboxylic acids is 1. The quantitative estimate of drug-likeness (QED) is 0.819. The predicted molar refractivity (Wildman–Crippen MR) is 93.6 cm³/mol. The Hall–Kier alpha value is -1.97. The number of rotatable bonds is 2. The topological polar surface area (TPSA) is 52.2 Å². The molecule has 0 saturated carbocycles. The monoisotopic (exact) mass is 358 g/mol. The van der Waals surface area contributed by atoms with E-state index in [9.17, 15) is 9.90 Å². The molecule has 0 radical (unpaired) electrons. The molecule has 1 N–H and O–H groups in total. The number of allylic oxidation sites excluding steroid dienone is 2. The Balaban J connectivity index is 1.81. The minimum atomic E-state index is -1.16. The van der Waals surface area contributed by atoms with Crippen LogP contribution in [-0.2, 0) is 0 Å². The molecule has 4 rings (SSSR count). The standard InChI is InChI=1S/C19H15Cl2NO2/c20-15-6-2-5-13(17(15)21)18-12-4-1-3-11(12)14-9-10(19(23)24)7-8-16(14)22-18/h1-3,5-9,11-12,18,22H,4H2,(H,23,24)/p-1/t11-,12-,18+/m0/s1. The molecular weight excluding hydrogens is 345 g/mol. The molecule has 2 aromatic carbocycles. The lowest BCUT2D eigenvalue weighted by atomic mass is 9.76. The van der Waals surface area contributed by atoms with Crippen LogP contribution in [0.2, 0.25) is 10.0 Å². The molecule has 0 amide bonds. The molecule has 5 heteroatoms. The average molecular weight is 359 g/mol. The van der Waals surface area contributed by atoms with E-state index in [1.165, 1.54) is 0 Å². The van der Waals surface area contributed by atoms with E-state index in [2.05, 4.69) is 17.5 Å². The first-order valence-electron chi connectivity index (χ1n) is 7.78. The van der Waals surface area contributed by atoms with Crippen LogP contribution in [0.25, 0.3) is 0 Å². The number of hydrogen-bond donors (Lipinski definition) is 1. The number of carboxylic acids is 1. The van der Waals surface area contributed by atoms with E-state index in [1.807, 2.05) is 12.1 Å². The van der Waals surface area contributed by atoms with E-state index in [-0.39, 0.29) is 23.4 Å². The summed E-state index contributed by atoms with van der Waals surface area (Å²) < 4.78 is 0. The van der Waals surface area contributed by atoms with Crippen molar-refractivity contribution in [1.82, 2.24) is 0 Å². The summed E-state index contributed by atoms with van der Waals surface area (Å²) in [6.07, 6.45) is 5.19. The van der Waals surface area contributed by atoms with Gasteiger partial charge in [0, 0.05) is 11.6 Å². The zero-order valence-corrected chi connectivity index (χ0v) is 14.1. The van der Waals surface area contributed by atoms with E-state index in [4.69, 9.17) is 23.2 Å². The molecule has 0 saturated heterocycles. The largest absolute Gasteiger partial charge is 0.545 e. The van der Waals surface area contributed by atoms with Crippen molar-refractivity contribution >= 4 is 34.9 Å². The fourth-order valence-corrected chi connectivity index (χ4v) is 4.22. The summed E-state index contributed by atoms with van der Waals surface area (Å²) in [6.45, 7) is 0. The number of hydrogen-bond acceptors (Lipinski definition) is 3. The molecular formula is C19H14Cl2NO2-. The minimum Gasteiger partial charge on any atom is -0.545 e. The maximum Gasteiger partial charge on any atom is 0.0715 e. The molecule has 1 aliphatic carbocycles. The Morgan fingerprint density at radius 1 is 1.17 bits per heavy atom. The van der Waals surface area contributed by atoms with Gasteiger partial charge in [-0.15, -0.1) is 0 Å². The number of benzene rings is 2. The van der Waals surface area contributed by atoms with Crippen LogP contribution in [-0.4, -0.2) is 5.97 Å². The normalized spacial score (nSPS) is 24.2. The van der Waals surface area contributed by atoms with Gasteiger partial charge in [-0.25, -0.2) is 0 Å². The van der Waals surface area contributed by atoms with Crippen LogP contribution < -0.4 is 10.4 Å². The molecule has 0 aromatic heterocycles. The summed E-state index contributed by atoms with van der Waals surface area (Å²) in [6, 6.07) is 10.8. The molecule has 3 nitrogen and oxygen atoms in total.